The average molecular weight is 284 g/mol. The summed E-state index contributed by atoms with van der Waals surface area (Å²) in [6.07, 6.45) is 4.43. The number of aryl methyl sites for hydroxylation is 1. The van der Waals surface area contributed by atoms with Gasteiger partial charge in [-0.1, -0.05) is 0 Å². The standard InChI is InChI=1S/C12H16N2O4S/c1-8-7-13-5-4-11(8)19(17,18)14-10(6-12(15)16)9-2-3-9/h4-5,7,9-10,14H,2-3,6H2,1H3,(H,15,16)/t10-/m0/s1. The molecule has 0 aromatic carbocycles. The molecule has 2 N–H and O–H groups in total. The quantitative estimate of drug-likeness (QED) is 0.809. The Morgan fingerprint density at radius 1 is 1.58 bits per heavy atom. The van der Waals surface area contributed by atoms with Crippen molar-refractivity contribution in [1.82, 2.24) is 9.71 Å². The van der Waals surface area contributed by atoms with Gasteiger partial charge in [-0.2, -0.15) is 0 Å². The molecule has 0 saturated heterocycles. The van der Waals surface area contributed by atoms with E-state index in [4.69, 9.17) is 5.11 Å². The molecule has 104 valence electrons. The summed E-state index contributed by atoms with van der Waals surface area (Å²) >= 11 is 0. The maximum atomic E-state index is 12.2. The Balaban J connectivity index is 2.20. The van der Waals surface area contributed by atoms with Crippen LogP contribution in [0.25, 0.3) is 0 Å². The molecule has 1 aliphatic carbocycles. The van der Waals surface area contributed by atoms with E-state index in [1.54, 1.807) is 6.92 Å². The van der Waals surface area contributed by atoms with Crippen LogP contribution in [0, 0.1) is 12.8 Å². The van der Waals surface area contributed by atoms with Crippen LogP contribution in [0.2, 0.25) is 0 Å². The largest absolute Gasteiger partial charge is 0.481 e. The predicted octanol–water partition coefficient (Wildman–Crippen LogP) is 0.922. The van der Waals surface area contributed by atoms with E-state index in [0.717, 1.165) is 12.8 Å². The number of sulfonamides is 1. The van der Waals surface area contributed by atoms with E-state index >= 15 is 0 Å². The van der Waals surface area contributed by atoms with Crippen molar-refractivity contribution in [2.45, 2.75) is 37.1 Å². The van der Waals surface area contributed by atoms with Crippen LogP contribution < -0.4 is 4.72 Å². The fourth-order valence-corrected chi connectivity index (χ4v) is 3.53. The highest BCUT2D eigenvalue weighted by atomic mass is 32.2. The molecule has 1 heterocycles. The summed E-state index contributed by atoms with van der Waals surface area (Å²) in [6.45, 7) is 1.66. The summed E-state index contributed by atoms with van der Waals surface area (Å²) in [5.74, 6) is -0.862. The van der Waals surface area contributed by atoms with Crippen molar-refractivity contribution in [3.63, 3.8) is 0 Å². The first-order valence-electron chi connectivity index (χ1n) is 6.05. The summed E-state index contributed by atoms with van der Waals surface area (Å²) in [5, 5.41) is 8.84. The third-order valence-corrected chi connectivity index (χ3v) is 4.80. The molecule has 1 aromatic heterocycles. The molecule has 19 heavy (non-hydrogen) atoms. The normalized spacial score (nSPS) is 17.1. The van der Waals surface area contributed by atoms with Gasteiger partial charge in [-0.15, -0.1) is 0 Å². The van der Waals surface area contributed by atoms with Crippen molar-refractivity contribution in [2.24, 2.45) is 5.92 Å². The number of carboxylic acids is 1. The molecule has 1 aliphatic rings. The Morgan fingerprint density at radius 3 is 2.79 bits per heavy atom. The molecular weight excluding hydrogens is 268 g/mol. The lowest BCUT2D eigenvalue weighted by molar-refractivity contribution is -0.137. The van der Waals surface area contributed by atoms with Crippen molar-refractivity contribution in [3.05, 3.63) is 24.0 Å². The van der Waals surface area contributed by atoms with E-state index in [-0.39, 0.29) is 17.2 Å². The van der Waals surface area contributed by atoms with Crippen LogP contribution >= 0.6 is 0 Å². The van der Waals surface area contributed by atoms with Crippen LogP contribution in [0.15, 0.2) is 23.4 Å². The molecule has 1 atom stereocenters. The zero-order valence-corrected chi connectivity index (χ0v) is 11.4. The van der Waals surface area contributed by atoms with Gasteiger partial charge < -0.3 is 5.11 Å². The monoisotopic (exact) mass is 284 g/mol. The highest BCUT2D eigenvalue weighted by Crippen LogP contribution is 2.34. The minimum atomic E-state index is -3.69. The Kier molecular flexibility index (Phi) is 3.86. The summed E-state index contributed by atoms with van der Waals surface area (Å²) in [6, 6.07) is 0.887. The highest BCUT2D eigenvalue weighted by molar-refractivity contribution is 7.89. The number of nitrogens with zero attached hydrogens (tertiary/aromatic N) is 1. The zero-order valence-electron chi connectivity index (χ0n) is 10.5. The fraction of sp³-hybridized carbons (Fsp3) is 0.500. The number of carbonyl (C=O) groups is 1. The van der Waals surface area contributed by atoms with Crippen LogP contribution in [-0.2, 0) is 14.8 Å². The second-order valence-electron chi connectivity index (χ2n) is 4.80. The Bertz CT molecular complexity index is 581. The molecule has 0 spiro atoms. The summed E-state index contributed by atoms with van der Waals surface area (Å²) < 4.78 is 27.0. The lowest BCUT2D eigenvalue weighted by Gasteiger charge is -2.17. The van der Waals surface area contributed by atoms with E-state index in [0.29, 0.717) is 5.56 Å². The topological polar surface area (TPSA) is 96.4 Å². The first-order chi connectivity index (χ1) is 8.90. The third-order valence-electron chi connectivity index (χ3n) is 3.15. The molecule has 0 radical (unpaired) electrons. The minimum absolute atomic E-state index is 0.132. The number of hydrogen-bond donors (Lipinski definition) is 2. The Hall–Kier alpha value is -1.47. The van der Waals surface area contributed by atoms with Crippen molar-refractivity contribution >= 4 is 16.0 Å². The van der Waals surface area contributed by atoms with Gasteiger partial charge >= 0.3 is 5.97 Å². The number of aliphatic carboxylic acids is 1. The molecule has 0 unspecified atom stereocenters. The maximum Gasteiger partial charge on any atom is 0.304 e. The van der Waals surface area contributed by atoms with Gasteiger partial charge in [-0.3, -0.25) is 9.78 Å². The fourth-order valence-electron chi connectivity index (χ4n) is 2.02. The minimum Gasteiger partial charge on any atom is -0.481 e. The first-order valence-corrected chi connectivity index (χ1v) is 7.53. The number of rotatable bonds is 6. The van der Waals surface area contributed by atoms with Gasteiger partial charge in [0.1, 0.15) is 0 Å². The number of hydrogen-bond acceptors (Lipinski definition) is 4. The van der Waals surface area contributed by atoms with Gasteiger partial charge in [0.15, 0.2) is 0 Å². The lowest BCUT2D eigenvalue weighted by Crippen LogP contribution is -2.38. The Morgan fingerprint density at radius 2 is 2.26 bits per heavy atom. The third kappa shape index (κ3) is 3.51. The van der Waals surface area contributed by atoms with E-state index in [2.05, 4.69) is 9.71 Å². The average Bonchev–Trinajstić information content (AvgIpc) is 3.11. The van der Waals surface area contributed by atoms with Crippen molar-refractivity contribution < 1.29 is 18.3 Å². The van der Waals surface area contributed by atoms with Crippen LogP contribution in [0.4, 0.5) is 0 Å². The van der Waals surface area contributed by atoms with E-state index < -0.39 is 22.0 Å². The second kappa shape index (κ2) is 5.26. The molecule has 7 heteroatoms. The molecule has 2 rings (SSSR count). The predicted molar refractivity (Wildman–Crippen MR) is 68.1 cm³/mol. The molecule has 6 nitrogen and oxygen atoms in total. The van der Waals surface area contributed by atoms with Gasteiger partial charge in [0.05, 0.1) is 11.3 Å². The molecule has 0 bridgehead atoms. The number of aromatic nitrogens is 1. The molecule has 0 amide bonds. The van der Waals surface area contributed by atoms with Gasteiger partial charge in [0.2, 0.25) is 10.0 Å². The van der Waals surface area contributed by atoms with Gasteiger partial charge in [0.25, 0.3) is 0 Å². The number of carboxylic acid groups (broad SMARTS) is 1. The maximum absolute atomic E-state index is 12.2. The van der Waals surface area contributed by atoms with Crippen LogP contribution in [0.3, 0.4) is 0 Å². The SMILES string of the molecule is Cc1cnccc1S(=O)(=O)N[C@@H](CC(=O)O)C1CC1. The van der Waals surface area contributed by atoms with Gasteiger partial charge in [-0.05, 0) is 37.3 Å². The molecule has 0 aliphatic heterocycles. The summed E-state index contributed by atoms with van der Waals surface area (Å²) in [4.78, 5) is 14.8. The molecule has 1 saturated carbocycles. The van der Waals surface area contributed by atoms with Crippen LogP contribution in [-0.4, -0.2) is 30.5 Å². The summed E-state index contributed by atoms with van der Waals surface area (Å²) in [7, 11) is -3.69. The zero-order chi connectivity index (χ0) is 14.0. The van der Waals surface area contributed by atoms with Crippen molar-refractivity contribution in [1.29, 1.82) is 0 Å². The molecule has 1 fully saturated rings. The number of nitrogens with one attached hydrogen (secondary N) is 1. The van der Waals surface area contributed by atoms with Gasteiger partial charge in [-0.25, -0.2) is 13.1 Å². The van der Waals surface area contributed by atoms with E-state index in [1.807, 2.05) is 0 Å². The summed E-state index contributed by atoms with van der Waals surface area (Å²) in [5.41, 5.74) is 0.542. The second-order valence-corrected chi connectivity index (χ2v) is 6.49. The Labute approximate surface area is 111 Å². The van der Waals surface area contributed by atoms with Crippen molar-refractivity contribution in [3.8, 4) is 0 Å². The molecular formula is C12H16N2O4S. The van der Waals surface area contributed by atoms with E-state index in [1.165, 1.54) is 18.5 Å². The van der Waals surface area contributed by atoms with Crippen molar-refractivity contribution in [2.75, 3.05) is 0 Å². The van der Waals surface area contributed by atoms with Gasteiger partial charge in [0, 0.05) is 18.4 Å². The van der Waals surface area contributed by atoms with Crippen LogP contribution in [0.5, 0.6) is 0 Å². The van der Waals surface area contributed by atoms with E-state index in [9.17, 15) is 13.2 Å². The smallest absolute Gasteiger partial charge is 0.304 e. The lowest BCUT2D eigenvalue weighted by atomic mass is 10.1. The highest BCUT2D eigenvalue weighted by Gasteiger charge is 2.35. The molecule has 1 aromatic rings. The number of pyridine rings is 1. The first kappa shape index (κ1) is 14.0. The van der Waals surface area contributed by atoms with Crippen LogP contribution in [0.1, 0.15) is 24.8 Å².